The van der Waals surface area contributed by atoms with E-state index < -0.39 is 5.97 Å². The summed E-state index contributed by atoms with van der Waals surface area (Å²) < 4.78 is 9.99. The molecule has 1 N–H and O–H groups in total. The van der Waals surface area contributed by atoms with Gasteiger partial charge in [-0.15, -0.1) is 11.3 Å². The summed E-state index contributed by atoms with van der Waals surface area (Å²) in [7, 11) is 1.30. The van der Waals surface area contributed by atoms with Gasteiger partial charge in [0.1, 0.15) is 0 Å². The Kier molecular flexibility index (Phi) is 4.72. The summed E-state index contributed by atoms with van der Waals surface area (Å²) in [6.45, 7) is 0. The molecular weight excluding hydrogens is 328 g/mol. The number of amides is 1. The standard InChI is InChI=1S/C17H14N2O4S/c1-22-17(21)12-5-2-3-6-13(12)19-15(20)9-11-10-24-16(18-11)14-7-4-8-23-14/h2-8,10H,9H2,1H3,(H,19,20). The van der Waals surface area contributed by atoms with Gasteiger partial charge in [-0.25, -0.2) is 9.78 Å². The van der Waals surface area contributed by atoms with Crippen molar-refractivity contribution in [2.24, 2.45) is 0 Å². The quantitative estimate of drug-likeness (QED) is 0.719. The average molecular weight is 342 g/mol. The number of carbonyl (C=O) groups is 2. The number of nitrogens with one attached hydrogen (secondary N) is 1. The molecule has 3 rings (SSSR count). The fourth-order valence-corrected chi connectivity index (χ4v) is 2.93. The molecule has 0 bridgehead atoms. The lowest BCUT2D eigenvalue weighted by atomic mass is 10.1. The number of rotatable bonds is 5. The maximum Gasteiger partial charge on any atom is 0.339 e. The van der Waals surface area contributed by atoms with E-state index in [9.17, 15) is 9.59 Å². The first-order valence-corrected chi connectivity index (χ1v) is 8.01. The molecule has 0 aliphatic carbocycles. The van der Waals surface area contributed by atoms with Crippen LogP contribution in [0.2, 0.25) is 0 Å². The second kappa shape index (κ2) is 7.10. The van der Waals surface area contributed by atoms with Gasteiger partial charge in [-0.3, -0.25) is 4.79 Å². The highest BCUT2D eigenvalue weighted by molar-refractivity contribution is 7.13. The highest BCUT2D eigenvalue weighted by atomic mass is 32.1. The molecule has 2 heterocycles. The lowest BCUT2D eigenvalue weighted by Gasteiger charge is -2.08. The summed E-state index contributed by atoms with van der Waals surface area (Å²) in [5.74, 6) is -0.0926. The lowest BCUT2D eigenvalue weighted by molar-refractivity contribution is -0.115. The number of para-hydroxylation sites is 1. The fourth-order valence-electron chi connectivity index (χ4n) is 2.14. The van der Waals surface area contributed by atoms with Crippen molar-refractivity contribution < 1.29 is 18.7 Å². The average Bonchev–Trinajstić information content (AvgIpc) is 3.25. The molecule has 1 amide bonds. The molecule has 7 heteroatoms. The van der Waals surface area contributed by atoms with Crippen LogP contribution in [-0.4, -0.2) is 24.0 Å². The van der Waals surface area contributed by atoms with E-state index in [1.165, 1.54) is 18.4 Å². The number of hydrogen-bond donors (Lipinski definition) is 1. The Morgan fingerprint density at radius 3 is 2.83 bits per heavy atom. The third-order valence-electron chi connectivity index (χ3n) is 3.23. The smallest absolute Gasteiger partial charge is 0.339 e. The summed E-state index contributed by atoms with van der Waals surface area (Å²) in [6, 6.07) is 10.3. The van der Waals surface area contributed by atoms with Gasteiger partial charge >= 0.3 is 5.97 Å². The molecule has 6 nitrogen and oxygen atoms in total. The summed E-state index contributed by atoms with van der Waals surface area (Å²) in [5, 5.41) is 5.25. The van der Waals surface area contributed by atoms with E-state index in [4.69, 9.17) is 9.15 Å². The Labute approximate surface area is 142 Å². The van der Waals surface area contributed by atoms with Crippen LogP contribution in [0.3, 0.4) is 0 Å². The minimum atomic E-state index is -0.500. The van der Waals surface area contributed by atoms with Gasteiger partial charge in [-0.05, 0) is 24.3 Å². The Bertz CT molecular complexity index is 855. The molecule has 0 atom stereocenters. The third-order valence-corrected chi connectivity index (χ3v) is 4.14. The van der Waals surface area contributed by atoms with Gasteiger partial charge in [-0.1, -0.05) is 12.1 Å². The van der Waals surface area contributed by atoms with E-state index >= 15 is 0 Å². The van der Waals surface area contributed by atoms with Crippen LogP contribution in [0.15, 0.2) is 52.5 Å². The van der Waals surface area contributed by atoms with E-state index in [1.54, 1.807) is 36.6 Å². The maximum absolute atomic E-state index is 12.2. The first-order valence-electron chi connectivity index (χ1n) is 7.13. The van der Waals surface area contributed by atoms with Crippen LogP contribution in [0.25, 0.3) is 10.8 Å². The topological polar surface area (TPSA) is 81.4 Å². The van der Waals surface area contributed by atoms with Gasteiger partial charge in [0.15, 0.2) is 10.8 Å². The van der Waals surface area contributed by atoms with Gasteiger partial charge in [0.05, 0.1) is 36.7 Å². The predicted octanol–water partition coefficient (Wildman–Crippen LogP) is 3.37. The van der Waals surface area contributed by atoms with Crippen molar-refractivity contribution >= 4 is 28.9 Å². The SMILES string of the molecule is COC(=O)c1ccccc1NC(=O)Cc1csc(-c2ccco2)n1. The molecule has 0 unspecified atom stereocenters. The largest absolute Gasteiger partial charge is 0.465 e. The minimum Gasteiger partial charge on any atom is -0.465 e. The molecule has 0 aliphatic rings. The van der Waals surface area contributed by atoms with Crippen molar-refractivity contribution in [3.63, 3.8) is 0 Å². The second-order valence-corrected chi connectivity index (χ2v) is 5.74. The van der Waals surface area contributed by atoms with Crippen molar-refractivity contribution in [1.82, 2.24) is 4.98 Å². The molecule has 0 radical (unpaired) electrons. The molecule has 0 saturated heterocycles. The summed E-state index contributed by atoms with van der Waals surface area (Å²) in [4.78, 5) is 28.3. The van der Waals surface area contributed by atoms with Crippen molar-refractivity contribution in [2.75, 3.05) is 12.4 Å². The number of esters is 1. The van der Waals surface area contributed by atoms with Crippen LogP contribution in [-0.2, 0) is 16.0 Å². The van der Waals surface area contributed by atoms with Crippen LogP contribution < -0.4 is 5.32 Å². The van der Waals surface area contributed by atoms with Crippen LogP contribution in [0.5, 0.6) is 0 Å². The molecule has 24 heavy (non-hydrogen) atoms. The highest BCUT2D eigenvalue weighted by Gasteiger charge is 2.15. The number of thiazole rings is 1. The van der Waals surface area contributed by atoms with E-state index in [2.05, 4.69) is 10.3 Å². The van der Waals surface area contributed by atoms with Crippen molar-refractivity contribution in [2.45, 2.75) is 6.42 Å². The number of hydrogen-bond acceptors (Lipinski definition) is 6. The molecule has 2 aromatic heterocycles. The van der Waals surface area contributed by atoms with Crippen molar-refractivity contribution in [1.29, 1.82) is 0 Å². The first kappa shape index (κ1) is 15.9. The predicted molar refractivity (Wildman–Crippen MR) is 89.9 cm³/mol. The normalized spacial score (nSPS) is 10.4. The van der Waals surface area contributed by atoms with E-state index in [1.807, 2.05) is 11.4 Å². The van der Waals surface area contributed by atoms with E-state index in [0.29, 0.717) is 22.7 Å². The molecule has 0 spiro atoms. The van der Waals surface area contributed by atoms with Gasteiger partial charge < -0.3 is 14.5 Å². The number of carbonyl (C=O) groups excluding carboxylic acids is 2. The Morgan fingerprint density at radius 1 is 1.25 bits per heavy atom. The lowest BCUT2D eigenvalue weighted by Crippen LogP contribution is -2.17. The number of furan rings is 1. The molecule has 0 saturated carbocycles. The van der Waals surface area contributed by atoms with Crippen LogP contribution in [0.1, 0.15) is 16.1 Å². The first-order chi connectivity index (χ1) is 11.7. The summed E-state index contributed by atoms with van der Waals surface area (Å²) in [6.07, 6.45) is 1.68. The van der Waals surface area contributed by atoms with Gasteiger partial charge in [0.2, 0.25) is 5.91 Å². The highest BCUT2D eigenvalue weighted by Crippen LogP contribution is 2.24. The maximum atomic E-state index is 12.2. The zero-order valence-corrected chi connectivity index (χ0v) is 13.6. The molecule has 3 aromatic rings. The van der Waals surface area contributed by atoms with Crippen molar-refractivity contribution in [3.8, 4) is 10.8 Å². The van der Waals surface area contributed by atoms with E-state index in [-0.39, 0.29) is 12.3 Å². The number of anilines is 1. The molecule has 122 valence electrons. The minimum absolute atomic E-state index is 0.104. The van der Waals surface area contributed by atoms with E-state index in [0.717, 1.165) is 5.01 Å². The Morgan fingerprint density at radius 2 is 2.08 bits per heavy atom. The monoisotopic (exact) mass is 342 g/mol. The van der Waals surface area contributed by atoms with Crippen LogP contribution in [0.4, 0.5) is 5.69 Å². The zero-order valence-electron chi connectivity index (χ0n) is 12.8. The summed E-state index contributed by atoms with van der Waals surface area (Å²) in [5.41, 5.74) is 1.36. The molecule has 0 aliphatic heterocycles. The summed E-state index contributed by atoms with van der Waals surface area (Å²) >= 11 is 1.41. The number of nitrogens with zero attached hydrogens (tertiary/aromatic N) is 1. The molecule has 0 fully saturated rings. The van der Waals surface area contributed by atoms with Crippen LogP contribution >= 0.6 is 11.3 Å². The number of aromatic nitrogens is 1. The molecular formula is C17H14N2O4S. The number of benzene rings is 1. The van der Waals surface area contributed by atoms with Crippen molar-refractivity contribution in [3.05, 3.63) is 59.3 Å². The third kappa shape index (κ3) is 3.52. The number of ether oxygens (including phenoxy) is 1. The Hall–Kier alpha value is -2.93. The molecule has 1 aromatic carbocycles. The Balaban J connectivity index is 1.70. The second-order valence-electron chi connectivity index (χ2n) is 4.88. The van der Waals surface area contributed by atoms with Gasteiger partial charge in [0, 0.05) is 5.38 Å². The zero-order chi connectivity index (χ0) is 16.9. The fraction of sp³-hybridized carbons (Fsp3) is 0.118. The van der Waals surface area contributed by atoms with Gasteiger partial charge in [-0.2, -0.15) is 0 Å². The number of methoxy groups -OCH3 is 1. The van der Waals surface area contributed by atoms with Crippen LogP contribution in [0, 0.1) is 0 Å². The van der Waals surface area contributed by atoms with Gasteiger partial charge in [0.25, 0.3) is 0 Å².